The van der Waals surface area contributed by atoms with Gasteiger partial charge in [0.05, 0.1) is 13.1 Å². The molecular weight excluding hydrogens is 500 g/mol. The monoisotopic (exact) mass is 532 g/mol. The normalized spacial score (nSPS) is 12.4. The lowest BCUT2D eigenvalue weighted by Gasteiger charge is -2.24. The molecule has 0 aliphatic rings. The third kappa shape index (κ3) is 8.26. The molecule has 0 aliphatic carbocycles. The fraction of sp³-hybridized carbons (Fsp3) is 0.333. The van der Waals surface area contributed by atoms with Gasteiger partial charge < -0.3 is 31.5 Å². The minimum absolute atomic E-state index is 0.110. The van der Waals surface area contributed by atoms with Gasteiger partial charge in [0.1, 0.15) is 11.6 Å². The molecule has 0 spiro atoms. The van der Waals surface area contributed by atoms with Crippen molar-refractivity contribution >= 4 is 46.0 Å². The van der Waals surface area contributed by atoms with Crippen LogP contribution in [0.25, 0.3) is 0 Å². The second-order valence-corrected chi connectivity index (χ2v) is 10.0. The molecular formula is C24H32N6O4S2. The summed E-state index contributed by atoms with van der Waals surface area (Å²) in [4.78, 5) is 36.5. The molecule has 2 amide bonds. The summed E-state index contributed by atoms with van der Waals surface area (Å²) in [6.07, 6.45) is 5.24. The zero-order valence-corrected chi connectivity index (χ0v) is 22.0. The van der Waals surface area contributed by atoms with Gasteiger partial charge in [0.25, 0.3) is 0 Å². The molecule has 10 nitrogen and oxygen atoms in total. The molecule has 2 aromatic heterocycles. The quantitative estimate of drug-likeness (QED) is 0.198. The van der Waals surface area contributed by atoms with E-state index in [2.05, 4.69) is 9.97 Å². The number of rotatable bonds is 15. The smallest absolute Gasteiger partial charge is 0.214 e. The summed E-state index contributed by atoms with van der Waals surface area (Å²) in [7, 11) is 2.73. The van der Waals surface area contributed by atoms with Crippen molar-refractivity contribution in [1.82, 2.24) is 19.8 Å². The maximum Gasteiger partial charge on any atom is 0.214 e. The summed E-state index contributed by atoms with van der Waals surface area (Å²) < 4.78 is 0. The van der Waals surface area contributed by atoms with E-state index in [4.69, 9.17) is 11.5 Å². The van der Waals surface area contributed by atoms with Crippen LogP contribution in [0.3, 0.4) is 0 Å². The lowest BCUT2D eigenvalue weighted by molar-refractivity contribution is -0.117. The van der Waals surface area contributed by atoms with E-state index in [1.807, 2.05) is 0 Å². The Kier molecular flexibility index (Phi) is 12.3. The molecule has 0 atom stereocenters. The number of pyridine rings is 2. The Morgan fingerprint density at radius 2 is 1.22 bits per heavy atom. The summed E-state index contributed by atoms with van der Waals surface area (Å²) in [6, 6.07) is 7.10. The third-order valence-corrected chi connectivity index (χ3v) is 8.32. The highest BCUT2D eigenvalue weighted by Crippen LogP contribution is 2.42. The van der Waals surface area contributed by atoms with Gasteiger partial charge in [-0.1, -0.05) is 33.7 Å². The van der Waals surface area contributed by atoms with Gasteiger partial charge in [0.2, 0.25) is 12.8 Å². The van der Waals surface area contributed by atoms with Crippen LogP contribution in [0, 0.1) is 0 Å². The molecule has 2 rings (SSSR count). The van der Waals surface area contributed by atoms with Crippen LogP contribution in [0.4, 0.5) is 11.6 Å². The predicted molar refractivity (Wildman–Crippen MR) is 145 cm³/mol. The molecule has 0 aliphatic heterocycles. The van der Waals surface area contributed by atoms with Crippen LogP contribution in [-0.2, 0) is 22.7 Å². The van der Waals surface area contributed by atoms with Crippen molar-refractivity contribution in [1.29, 1.82) is 0 Å². The molecule has 12 heteroatoms. The van der Waals surface area contributed by atoms with E-state index >= 15 is 0 Å². The first-order valence-electron chi connectivity index (χ1n) is 11.1. The number of aliphatic hydroxyl groups excluding tert-OH is 2. The fourth-order valence-electron chi connectivity index (χ4n) is 3.20. The molecule has 0 saturated heterocycles. The maximum absolute atomic E-state index is 11.9. The highest BCUT2D eigenvalue weighted by atomic mass is 33.1. The average Bonchev–Trinajstić information content (AvgIpc) is 2.88. The van der Waals surface area contributed by atoms with E-state index in [1.165, 1.54) is 31.4 Å². The third-order valence-electron chi connectivity index (χ3n) is 5.38. The van der Waals surface area contributed by atoms with E-state index < -0.39 is 0 Å². The SMILES string of the molecule is CC(=C(CCO)SSC(CCO)=C(C)N(C=O)Cc1cccnc1N)N(C=O)Cc1cccnc1N. The number of hydrogen-bond donors (Lipinski definition) is 4. The van der Waals surface area contributed by atoms with Crippen molar-refractivity contribution in [2.75, 3.05) is 24.7 Å². The summed E-state index contributed by atoms with van der Waals surface area (Å²) in [5, 5.41) is 19.3. The van der Waals surface area contributed by atoms with Crippen LogP contribution in [0.1, 0.15) is 37.8 Å². The number of nitrogen functional groups attached to an aromatic ring is 2. The summed E-state index contributed by atoms with van der Waals surface area (Å²) in [5.41, 5.74) is 14.6. The zero-order chi connectivity index (χ0) is 26.5. The minimum atomic E-state index is -0.110. The lowest BCUT2D eigenvalue weighted by atomic mass is 10.2. The van der Waals surface area contributed by atoms with Crippen molar-refractivity contribution in [2.45, 2.75) is 39.8 Å². The molecule has 0 aromatic carbocycles. The largest absolute Gasteiger partial charge is 0.396 e. The average molecular weight is 533 g/mol. The van der Waals surface area contributed by atoms with E-state index in [-0.39, 0.29) is 26.3 Å². The Morgan fingerprint density at radius 1 is 0.833 bits per heavy atom. The van der Waals surface area contributed by atoms with Crippen molar-refractivity contribution < 1.29 is 19.8 Å². The molecule has 0 saturated carbocycles. The van der Waals surface area contributed by atoms with Gasteiger partial charge in [0.15, 0.2) is 0 Å². The number of amides is 2. The Balaban J connectivity index is 2.28. The molecule has 0 unspecified atom stereocenters. The van der Waals surface area contributed by atoms with Gasteiger partial charge in [0, 0.05) is 70.8 Å². The number of carbonyl (C=O) groups excluding carboxylic acids is 2. The topological polar surface area (TPSA) is 159 Å². The number of allylic oxidation sites excluding steroid dienone is 2. The summed E-state index contributed by atoms with van der Waals surface area (Å²) >= 11 is 0. The Bertz CT molecular complexity index is 1010. The number of aromatic nitrogens is 2. The lowest BCUT2D eigenvalue weighted by Crippen LogP contribution is -2.22. The highest BCUT2D eigenvalue weighted by molar-refractivity contribution is 8.79. The van der Waals surface area contributed by atoms with Crippen molar-refractivity contribution in [3.8, 4) is 0 Å². The van der Waals surface area contributed by atoms with Crippen molar-refractivity contribution in [3.05, 3.63) is 69.0 Å². The Hall–Kier alpha value is -3.06. The van der Waals surface area contributed by atoms with E-state index in [1.54, 1.807) is 50.5 Å². The van der Waals surface area contributed by atoms with E-state index in [9.17, 15) is 19.8 Å². The van der Waals surface area contributed by atoms with Gasteiger partial charge in [-0.15, -0.1) is 0 Å². The molecule has 6 N–H and O–H groups in total. The standard InChI is InChI=1S/C24H32N6O4S2/c1-17(29(15-33)13-19-5-3-9-27-23(19)25)21(7-11-31)35-36-22(8-12-32)18(2)30(16-34)14-20-6-4-10-28-24(20)26/h3-6,9-10,15-16,31-32H,7-8,11-14H2,1-2H3,(H2,25,27)(H2,26,28). The first-order chi connectivity index (χ1) is 17.4. The van der Waals surface area contributed by atoms with Gasteiger partial charge in [-0.05, 0) is 26.0 Å². The van der Waals surface area contributed by atoms with Crippen LogP contribution in [0.2, 0.25) is 0 Å². The number of anilines is 2. The molecule has 2 heterocycles. The summed E-state index contributed by atoms with van der Waals surface area (Å²) in [5.74, 6) is 0.685. The molecule has 194 valence electrons. The number of hydrogen-bond acceptors (Lipinski definition) is 10. The molecule has 2 aromatic rings. The van der Waals surface area contributed by atoms with Gasteiger partial charge in [-0.3, -0.25) is 9.59 Å². The van der Waals surface area contributed by atoms with Crippen LogP contribution >= 0.6 is 21.6 Å². The highest BCUT2D eigenvalue weighted by Gasteiger charge is 2.17. The first-order valence-corrected chi connectivity index (χ1v) is 13.3. The maximum atomic E-state index is 11.9. The van der Waals surface area contributed by atoms with E-state index in [0.29, 0.717) is 59.8 Å². The minimum Gasteiger partial charge on any atom is -0.396 e. The van der Waals surface area contributed by atoms with Crippen molar-refractivity contribution in [3.63, 3.8) is 0 Å². The number of aliphatic hydroxyl groups is 2. The van der Waals surface area contributed by atoms with Crippen molar-refractivity contribution in [2.24, 2.45) is 0 Å². The number of nitrogens with two attached hydrogens (primary N) is 2. The molecule has 0 bridgehead atoms. The second kappa shape index (κ2) is 15.1. The van der Waals surface area contributed by atoms with Gasteiger partial charge in [-0.25, -0.2) is 9.97 Å². The number of nitrogens with zero attached hydrogens (tertiary/aromatic N) is 4. The van der Waals surface area contributed by atoms with Crippen LogP contribution < -0.4 is 11.5 Å². The second-order valence-electron chi connectivity index (χ2n) is 7.69. The number of carbonyl (C=O) groups is 2. The molecule has 36 heavy (non-hydrogen) atoms. The Morgan fingerprint density at radius 3 is 1.53 bits per heavy atom. The van der Waals surface area contributed by atoms with Crippen LogP contribution in [0.15, 0.2) is 57.9 Å². The molecule has 0 radical (unpaired) electrons. The van der Waals surface area contributed by atoms with Crippen LogP contribution in [-0.4, -0.2) is 56.0 Å². The summed E-state index contributed by atoms with van der Waals surface area (Å²) in [6.45, 7) is 3.84. The van der Waals surface area contributed by atoms with Gasteiger partial charge >= 0.3 is 0 Å². The van der Waals surface area contributed by atoms with E-state index in [0.717, 1.165) is 9.81 Å². The first kappa shape index (κ1) is 29.2. The van der Waals surface area contributed by atoms with Crippen LogP contribution in [0.5, 0.6) is 0 Å². The van der Waals surface area contributed by atoms with Gasteiger partial charge in [-0.2, -0.15) is 0 Å². The fourth-order valence-corrected chi connectivity index (χ4v) is 6.05. The predicted octanol–water partition coefficient (Wildman–Crippen LogP) is 2.87. The molecule has 0 fully saturated rings. The zero-order valence-electron chi connectivity index (χ0n) is 20.3. The Labute approximate surface area is 218 Å².